The topological polar surface area (TPSA) is 90.8 Å². The Morgan fingerprint density at radius 2 is 2.04 bits per heavy atom. The first kappa shape index (κ1) is 18.4. The number of likely N-dealkylation sites (N-methyl/N-ethyl adjacent to an activating group) is 1. The number of carbonyl (C=O) groups excluding carboxylic acids is 2. The van der Waals surface area contributed by atoms with Crippen LogP contribution in [0.2, 0.25) is 0 Å². The summed E-state index contributed by atoms with van der Waals surface area (Å²) in [7, 11) is 1.61. The van der Waals surface area contributed by atoms with Gasteiger partial charge < -0.3 is 14.9 Å². The molecule has 0 aromatic carbocycles. The fraction of sp³-hybridized carbons (Fsp3) is 0.625. The van der Waals surface area contributed by atoms with E-state index in [0.29, 0.717) is 25.9 Å². The number of piperidine rings is 1. The summed E-state index contributed by atoms with van der Waals surface area (Å²) in [6.45, 7) is 2.90. The van der Waals surface area contributed by atoms with E-state index >= 15 is 0 Å². The Kier molecular flexibility index (Phi) is 6.30. The molecule has 0 unspecified atom stereocenters. The van der Waals surface area contributed by atoms with Gasteiger partial charge in [-0.1, -0.05) is 6.92 Å². The number of rotatable bonds is 6. The van der Waals surface area contributed by atoms with E-state index in [1.54, 1.807) is 11.9 Å². The van der Waals surface area contributed by atoms with Crippen molar-refractivity contribution in [3.8, 4) is 0 Å². The maximum absolute atomic E-state index is 12.3. The lowest BCUT2D eigenvalue weighted by atomic mass is 9.97. The van der Waals surface area contributed by atoms with Crippen LogP contribution in [0.4, 0.5) is 0 Å². The minimum absolute atomic E-state index is 0.0152. The molecule has 0 aliphatic carbocycles. The largest absolute Gasteiger partial charge is 0.481 e. The molecule has 2 heterocycles. The van der Waals surface area contributed by atoms with Crippen LogP contribution >= 0.6 is 11.3 Å². The van der Waals surface area contributed by atoms with Gasteiger partial charge in [0.25, 0.3) is 0 Å². The van der Waals surface area contributed by atoms with Crippen molar-refractivity contribution >= 4 is 29.1 Å². The van der Waals surface area contributed by atoms with Gasteiger partial charge in [-0.05, 0) is 19.3 Å². The summed E-state index contributed by atoms with van der Waals surface area (Å²) in [5.41, 5.74) is 0.739. The van der Waals surface area contributed by atoms with Gasteiger partial charge in [-0.15, -0.1) is 11.3 Å². The van der Waals surface area contributed by atoms with Crippen molar-refractivity contribution in [2.75, 3.05) is 26.7 Å². The highest BCUT2D eigenvalue weighted by atomic mass is 32.1. The Hall–Kier alpha value is -1.96. The maximum Gasteiger partial charge on any atom is 0.306 e. The first-order valence-electron chi connectivity index (χ1n) is 8.08. The molecule has 0 bridgehead atoms. The number of carboxylic acid groups (broad SMARTS) is 1. The number of thiazole rings is 1. The van der Waals surface area contributed by atoms with Crippen molar-refractivity contribution in [3.63, 3.8) is 0 Å². The van der Waals surface area contributed by atoms with Gasteiger partial charge in [0.2, 0.25) is 11.8 Å². The van der Waals surface area contributed by atoms with E-state index in [0.717, 1.165) is 17.1 Å². The highest BCUT2D eigenvalue weighted by molar-refractivity contribution is 7.09. The van der Waals surface area contributed by atoms with Crippen molar-refractivity contribution in [1.29, 1.82) is 0 Å². The predicted octanol–water partition coefficient (Wildman–Crippen LogP) is 1.03. The molecule has 24 heavy (non-hydrogen) atoms. The number of aromatic nitrogens is 1. The molecular weight excluding hydrogens is 330 g/mol. The lowest BCUT2D eigenvalue weighted by Gasteiger charge is -2.31. The zero-order valence-electron chi connectivity index (χ0n) is 14.0. The van der Waals surface area contributed by atoms with Crippen LogP contribution in [-0.4, -0.2) is 64.4 Å². The molecule has 2 rings (SSSR count). The number of aryl methyl sites for hydroxylation is 1. The van der Waals surface area contributed by atoms with Gasteiger partial charge in [0.1, 0.15) is 0 Å². The number of hydrogen-bond acceptors (Lipinski definition) is 5. The second-order valence-electron chi connectivity index (χ2n) is 6.01. The summed E-state index contributed by atoms with van der Waals surface area (Å²) < 4.78 is 0. The summed E-state index contributed by atoms with van der Waals surface area (Å²) in [4.78, 5) is 42.8. The van der Waals surface area contributed by atoms with E-state index in [4.69, 9.17) is 5.11 Å². The van der Waals surface area contributed by atoms with Crippen LogP contribution in [0.15, 0.2) is 5.38 Å². The molecule has 1 aromatic heterocycles. The number of nitrogens with zero attached hydrogens (tertiary/aromatic N) is 3. The molecule has 1 saturated heterocycles. The second kappa shape index (κ2) is 8.23. The van der Waals surface area contributed by atoms with Gasteiger partial charge in [0.05, 0.1) is 29.6 Å². The van der Waals surface area contributed by atoms with Gasteiger partial charge in [-0.25, -0.2) is 4.98 Å². The zero-order valence-corrected chi connectivity index (χ0v) is 14.8. The third-order valence-corrected chi connectivity index (χ3v) is 5.27. The molecule has 8 heteroatoms. The third-order valence-electron chi connectivity index (χ3n) is 4.23. The van der Waals surface area contributed by atoms with Crippen LogP contribution in [0, 0.1) is 5.92 Å². The number of carboxylic acids is 1. The van der Waals surface area contributed by atoms with Crippen LogP contribution in [0.3, 0.4) is 0 Å². The molecule has 0 radical (unpaired) electrons. The molecule has 2 amide bonds. The summed E-state index contributed by atoms with van der Waals surface area (Å²) in [5.74, 6) is -1.45. The summed E-state index contributed by atoms with van der Waals surface area (Å²) >= 11 is 1.54. The molecule has 7 nitrogen and oxygen atoms in total. The quantitative estimate of drug-likeness (QED) is 0.825. The Morgan fingerprint density at radius 3 is 2.58 bits per heavy atom. The summed E-state index contributed by atoms with van der Waals surface area (Å²) in [6, 6.07) is 0. The van der Waals surface area contributed by atoms with Crippen molar-refractivity contribution in [2.45, 2.75) is 32.6 Å². The standard InChI is InChI=1S/C16H23N3O4S/c1-3-13-17-12(10-24-13)8-14(20)18(2)9-15(21)19-6-4-11(5-7-19)16(22)23/h10-11H,3-9H2,1-2H3,(H,22,23). The van der Waals surface area contributed by atoms with E-state index in [1.165, 1.54) is 16.2 Å². The monoisotopic (exact) mass is 353 g/mol. The minimum atomic E-state index is -0.802. The molecule has 1 aromatic rings. The Bertz CT molecular complexity index is 608. The van der Waals surface area contributed by atoms with Crippen molar-refractivity contribution in [1.82, 2.24) is 14.8 Å². The van der Waals surface area contributed by atoms with Gasteiger partial charge in [-0.3, -0.25) is 14.4 Å². The average Bonchev–Trinajstić information content (AvgIpc) is 3.02. The highest BCUT2D eigenvalue weighted by Crippen LogP contribution is 2.17. The number of hydrogen-bond donors (Lipinski definition) is 1. The average molecular weight is 353 g/mol. The molecule has 1 aliphatic rings. The van der Waals surface area contributed by atoms with Crippen LogP contribution in [0.1, 0.15) is 30.5 Å². The highest BCUT2D eigenvalue weighted by Gasteiger charge is 2.27. The maximum atomic E-state index is 12.3. The SMILES string of the molecule is CCc1nc(CC(=O)N(C)CC(=O)N2CCC(C(=O)O)CC2)cs1. The van der Waals surface area contributed by atoms with Crippen molar-refractivity contribution in [2.24, 2.45) is 5.92 Å². The van der Waals surface area contributed by atoms with Gasteiger partial charge in [0, 0.05) is 25.5 Å². The van der Waals surface area contributed by atoms with Gasteiger partial charge in [-0.2, -0.15) is 0 Å². The molecule has 1 N–H and O–H groups in total. The zero-order chi connectivity index (χ0) is 17.7. The van der Waals surface area contributed by atoms with Gasteiger partial charge >= 0.3 is 5.97 Å². The molecule has 1 aliphatic heterocycles. The Balaban J connectivity index is 1.80. The van der Waals surface area contributed by atoms with Crippen LogP contribution < -0.4 is 0 Å². The van der Waals surface area contributed by atoms with Crippen LogP contribution in [0.25, 0.3) is 0 Å². The van der Waals surface area contributed by atoms with Crippen LogP contribution in [-0.2, 0) is 27.2 Å². The van der Waals surface area contributed by atoms with E-state index in [1.807, 2.05) is 12.3 Å². The van der Waals surface area contributed by atoms with Crippen molar-refractivity contribution < 1.29 is 19.5 Å². The summed E-state index contributed by atoms with van der Waals surface area (Å²) in [6.07, 6.45) is 1.98. The molecule has 0 saturated carbocycles. The first-order valence-corrected chi connectivity index (χ1v) is 8.96. The molecule has 1 fully saturated rings. The normalized spacial score (nSPS) is 15.3. The van der Waals surface area contributed by atoms with Crippen molar-refractivity contribution in [3.05, 3.63) is 16.1 Å². The smallest absolute Gasteiger partial charge is 0.306 e. The van der Waals surface area contributed by atoms with Crippen LogP contribution in [0.5, 0.6) is 0 Å². The molecular formula is C16H23N3O4S. The van der Waals surface area contributed by atoms with E-state index in [2.05, 4.69) is 4.98 Å². The fourth-order valence-corrected chi connectivity index (χ4v) is 3.39. The molecule has 0 atom stereocenters. The van der Waals surface area contributed by atoms with E-state index < -0.39 is 5.97 Å². The predicted molar refractivity (Wildman–Crippen MR) is 89.8 cm³/mol. The number of amides is 2. The van der Waals surface area contributed by atoms with E-state index in [-0.39, 0.29) is 30.7 Å². The number of carbonyl (C=O) groups is 3. The Morgan fingerprint density at radius 1 is 1.38 bits per heavy atom. The first-order chi connectivity index (χ1) is 11.4. The Labute approximate surface area is 145 Å². The number of aliphatic carboxylic acids is 1. The van der Waals surface area contributed by atoms with E-state index in [9.17, 15) is 14.4 Å². The van der Waals surface area contributed by atoms with Gasteiger partial charge in [0.15, 0.2) is 0 Å². The second-order valence-corrected chi connectivity index (χ2v) is 6.95. The minimum Gasteiger partial charge on any atom is -0.481 e. The lowest BCUT2D eigenvalue weighted by Crippen LogP contribution is -2.45. The molecule has 132 valence electrons. The third kappa shape index (κ3) is 4.77. The summed E-state index contributed by atoms with van der Waals surface area (Å²) in [5, 5.41) is 11.9. The number of likely N-dealkylation sites (tertiary alicyclic amines) is 1. The fourth-order valence-electron chi connectivity index (χ4n) is 2.65. The molecule has 0 spiro atoms. The lowest BCUT2D eigenvalue weighted by molar-refractivity contribution is -0.146.